The number of hydrogen-bond donors (Lipinski definition) is 0. The molecule has 0 aliphatic heterocycles. The van der Waals surface area contributed by atoms with Crippen LogP contribution in [-0.4, -0.2) is 24.1 Å². The van der Waals surface area contributed by atoms with Crippen LogP contribution in [0.3, 0.4) is 0 Å². The molecule has 12 rings (SSSR count). The normalized spacial score (nSPS) is 15.8. The maximum absolute atomic E-state index is 9.16. The summed E-state index contributed by atoms with van der Waals surface area (Å²) in [6.45, 7) is 0. The fourth-order valence-electron chi connectivity index (χ4n) is 7.50. The molecule has 5 nitrogen and oxygen atoms in total. The third-order valence-corrected chi connectivity index (χ3v) is 11.3. The van der Waals surface area contributed by atoms with Crippen LogP contribution in [0.15, 0.2) is 188 Å². The number of benzene rings is 8. The molecule has 0 fully saturated rings. The Balaban J connectivity index is 1.11. The van der Waals surface area contributed by atoms with Crippen molar-refractivity contribution in [2.45, 2.75) is 0 Å². The predicted octanol–water partition coefficient (Wildman–Crippen LogP) is 13.4. The summed E-state index contributed by atoms with van der Waals surface area (Å²) in [5.74, 6) is -1.05. The van der Waals surface area contributed by atoms with E-state index in [0.717, 1.165) is 31.4 Å². The lowest BCUT2D eigenvalue weighted by atomic mass is 9.98. The van der Waals surface area contributed by atoms with Gasteiger partial charge < -0.3 is 0 Å². The Morgan fingerprint density at radius 1 is 0.368 bits per heavy atom. The summed E-state index contributed by atoms with van der Waals surface area (Å²) in [6.07, 6.45) is 0. The summed E-state index contributed by atoms with van der Waals surface area (Å²) >= 11 is 1.75. The molecule has 0 saturated carbocycles. The lowest BCUT2D eigenvalue weighted by Crippen LogP contribution is -2.10. The van der Waals surface area contributed by atoms with Crippen molar-refractivity contribution < 1.29 is 21.9 Å². The molecule has 0 radical (unpaired) electrons. The number of para-hydroxylation sites is 4. The fraction of sp³-hybridized carbons (Fsp3) is 0. The minimum Gasteiger partial charge on any atom is -0.278 e. The molecule has 0 bridgehead atoms. The summed E-state index contributed by atoms with van der Waals surface area (Å²) < 4.78 is 146. The van der Waals surface area contributed by atoms with Crippen molar-refractivity contribution in [3.05, 3.63) is 188 Å². The highest BCUT2D eigenvalue weighted by atomic mass is 32.1. The van der Waals surface area contributed by atoms with Crippen LogP contribution in [-0.2, 0) is 0 Å². The van der Waals surface area contributed by atoms with Crippen molar-refractivity contribution >= 4 is 75.1 Å². The van der Waals surface area contributed by atoms with Crippen LogP contribution in [0.5, 0.6) is 0 Å². The number of nitrogens with zero attached hydrogens (tertiary/aromatic N) is 5. The third kappa shape index (κ3) is 5.04. The highest BCUT2D eigenvalue weighted by molar-refractivity contribution is 7.25. The summed E-state index contributed by atoms with van der Waals surface area (Å²) in [5, 5.41) is 1.35. The van der Waals surface area contributed by atoms with Gasteiger partial charge in [-0.15, -0.1) is 11.3 Å². The van der Waals surface area contributed by atoms with Crippen LogP contribution in [0.1, 0.15) is 21.9 Å². The highest BCUT2D eigenvalue weighted by Gasteiger charge is 2.20. The summed E-state index contributed by atoms with van der Waals surface area (Å²) in [6, 6.07) is 19.5. The fourth-order valence-corrected chi connectivity index (χ4v) is 8.58. The van der Waals surface area contributed by atoms with E-state index in [2.05, 4.69) is 30.3 Å². The molecule has 57 heavy (non-hydrogen) atoms. The van der Waals surface area contributed by atoms with Crippen LogP contribution in [0.25, 0.3) is 109 Å². The number of thiophene rings is 1. The van der Waals surface area contributed by atoms with E-state index in [1.165, 1.54) is 20.2 Å². The molecule has 0 aliphatic carbocycles. The van der Waals surface area contributed by atoms with E-state index in [4.69, 9.17) is 36.9 Å². The van der Waals surface area contributed by atoms with E-state index in [0.29, 0.717) is 5.56 Å². The first-order valence-corrected chi connectivity index (χ1v) is 18.6. The first kappa shape index (κ1) is 20.0. The van der Waals surface area contributed by atoms with E-state index in [-0.39, 0.29) is 49.4 Å². The van der Waals surface area contributed by atoms with Gasteiger partial charge >= 0.3 is 0 Å². The zero-order valence-corrected chi connectivity index (χ0v) is 30.1. The maximum atomic E-state index is 9.16. The van der Waals surface area contributed by atoms with Gasteiger partial charge in [0.25, 0.3) is 0 Å². The number of aromatic nitrogens is 5. The average molecular weight is 762 g/mol. The van der Waals surface area contributed by atoms with Gasteiger partial charge in [-0.1, -0.05) is 145 Å². The number of rotatable bonds is 5. The average Bonchev–Trinajstić information content (AvgIpc) is 4.09. The van der Waals surface area contributed by atoms with Crippen LogP contribution >= 0.6 is 11.3 Å². The first-order valence-electron chi connectivity index (χ1n) is 25.8. The molecule has 0 saturated heterocycles. The minimum absolute atomic E-state index is 0.133. The quantitative estimate of drug-likeness (QED) is 0.175. The van der Waals surface area contributed by atoms with Gasteiger partial charge in [0.15, 0.2) is 5.82 Å². The predicted molar refractivity (Wildman–Crippen MR) is 238 cm³/mol. The zero-order valence-electron chi connectivity index (χ0n) is 45.3. The standard InChI is InChI=1S/C51H31N5S/c1-6-16-43-37(11-1)38-12-2-7-17-44(38)55(43)50-52-49(53-51(54-50)56-45-18-8-3-13-39(45)40-14-4-9-19-46(40)56)35-27-25-33(26-28-35)32-21-23-34(24-22-32)36-29-30-48-42(31-36)41-15-5-10-20-47(41)57-48/h1-31H/i1D,2D,3D,4D,6D,7D,8D,9D,11D,12D,13D,14D,16D,17D,18D,19D. The molecule has 266 valence electrons. The van der Waals surface area contributed by atoms with Crippen LogP contribution in [0, 0.1) is 0 Å². The second kappa shape index (κ2) is 12.6. The molecule has 6 heteroatoms. The second-order valence-corrected chi connectivity index (χ2v) is 14.4. The van der Waals surface area contributed by atoms with Gasteiger partial charge in [-0.05, 0) is 64.6 Å². The Hall–Kier alpha value is -7.41. The Kier molecular flexibility index (Phi) is 4.40. The Morgan fingerprint density at radius 3 is 1.28 bits per heavy atom. The number of fused-ring (bicyclic) bond motifs is 9. The van der Waals surface area contributed by atoms with Crippen molar-refractivity contribution in [2.75, 3.05) is 0 Å². The number of hydrogen-bond acceptors (Lipinski definition) is 4. The van der Waals surface area contributed by atoms with E-state index in [9.17, 15) is 0 Å². The molecule has 0 amide bonds. The SMILES string of the molecule is [2H]c1c([2H])c([2H])c2c(c1[2H])c1c([2H])c([2H])c([2H])c([2H])c1n2-c1nc(-c2ccc(-c3ccc(-c4ccc5sc6ccccc6c5c4)cc3)cc2)nc(-n2c3c([2H])c([2H])c([2H])c([2H])c3c3c([2H])c([2H])c([2H])c([2H])c32)n1. The maximum Gasteiger partial charge on any atom is 0.240 e. The second-order valence-electron chi connectivity index (χ2n) is 13.3. The molecule has 0 atom stereocenters. The molecule has 4 aromatic heterocycles. The molecule has 0 aliphatic rings. The molecule has 4 heterocycles. The van der Waals surface area contributed by atoms with Crippen molar-refractivity contribution in [2.24, 2.45) is 0 Å². The molecule has 0 N–H and O–H groups in total. The van der Waals surface area contributed by atoms with Crippen molar-refractivity contribution in [3.8, 4) is 45.5 Å². The Bertz CT molecular complexity index is 4120. The highest BCUT2D eigenvalue weighted by Crippen LogP contribution is 2.38. The first-order chi connectivity index (χ1) is 34.9. The summed E-state index contributed by atoms with van der Waals surface area (Å²) in [4.78, 5) is 14.4. The molecule has 12 aromatic rings. The van der Waals surface area contributed by atoms with Crippen molar-refractivity contribution in [3.63, 3.8) is 0 Å². The molecular weight excluding hydrogens is 715 g/mol. The van der Waals surface area contributed by atoms with E-state index in [1.807, 2.05) is 48.5 Å². The largest absolute Gasteiger partial charge is 0.278 e. The monoisotopic (exact) mass is 761 g/mol. The molecule has 0 spiro atoms. The smallest absolute Gasteiger partial charge is 0.240 e. The van der Waals surface area contributed by atoms with Gasteiger partial charge in [0.1, 0.15) is 0 Å². The van der Waals surface area contributed by atoms with Gasteiger partial charge in [-0.2, -0.15) is 15.0 Å². The van der Waals surface area contributed by atoms with Gasteiger partial charge in [-0.3, -0.25) is 9.13 Å². The third-order valence-electron chi connectivity index (χ3n) is 10.1. The van der Waals surface area contributed by atoms with E-state index < -0.39 is 109 Å². The topological polar surface area (TPSA) is 48.5 Å². The molecular formula is C51H31N5S. The zero-order chi connectivity index (χ0) is 51.4. The molecule has 0 unspecified atom stereocenters. The van der Waals surface area contributed by atoms with E-state index in [1.54, 1.807) is 23.5 Å². The summed E-state index contributed by atoms with van der Waals surface area (Å²) in [7, 11) is 0. The lowest BCUT2D eigenvalue weighted by Gasteiger charge is -2.13. The van der Waals surface area contributed by atoms with Crippen LogP contribution < -0.4 is 0 Å². The van der Waals surface area contributed by atoms with Crippen molar-refractivity contribution in [1.29, 1.82) is 0 Å². The summed E-state index contributed by atoms with van der Waals surface area (Å²) in [5.41, 5.74) is 2.81. The minimum atomic E-state index is -0.693. The van der Waals surface area contributed by atoms with Crippen LogP contribution in [0.4, 0.5) is 0 Å². The van der Waals surface area contributed by atoms with Crippen LogP contribution in [0.2, 0.25) is 0 Å². The van der Waals surface area contributed by atoms with E-state index >= 15 is 0 Å². The Labute approximate surface area is 353 Å². The molecule has 8 aromatic carbocycles. The van der Waals surface area contributed by atoms with Gasteiger partial charge in [0.05, 0.1) is 44.0 Å². The van der Waals surface area contributed by atoms with Crippen molar-refractivity contribution in [1.82, 2.24) is 24.1 Å². The van der Waals surface area contributed by atoms with Gasteiger partial charge in [0.2, 0.25) is 11.9 Å². The van der Waals surface area contributed by atoms with Gasteiger partial charge in [0, 0.05) is 47.3 Å². The van der Waals surface area contributed by atoms with Gasteiger partial charge in [-0.25, -0.2) is 0 Å². The Morgan fingerprint density at radius 2 is 0.772 bits per heavy atom. The lowest BCUT2D eigenvalue weighted by molar-refractivity contribution is 0.893.